The molecule has 6 aromatic carbocycles. The minimum absolute atomic E-state index is 0.00356. The van der Waals surface area contributed by atoms with Crippen LogP contribution in [-0.4, -0.2) is 19.6 Å². The lowest BCUT2D eigenvalue weighted by molar-refractivity contribution is 0.475. The molecule has 8 rings (SSSR count). The summed E-state index contributed by atoms with van der Waals surface area (Å²) in [7, 11) is 0. The Balaban J connectivity index is 1.44. The molecule has 2 heterocycles. The van der Waals surface area contributed by atoms with E-state index < -0.39 is 0 Å². The Hall–Kier alpha value is -6.00. The van der Waals surface area contributed by atoms with E-state index in [2.05, 4.69) is 182 Å². The largest absolute Gasteiger partial charge is 0.507 e. The highest BCUT2D eigenvalue weighted by atomic mass is 16.3. The van der Waals surface area contributed by atoms with Crippen molar-refractivity contribution in [1.82, 2.24) is 14.5 Å². The van der Waals surface area contributed by atoms with Crippen molar-refractivity contribution in [3.8, 4) is 56.2 Å². The van der Waals surface area contributed by atoms with Gasteiger partial charge in [-0.25, -0.2) is 4.98 Å². The predicted molar refractivity (Wildman–Crippen MR) is 236 cm³/mol. The number of pyridine rings is 1. The van der Waals surface area contributed by atoms with Crippen molar-refractivity contribution in [2.75, 3.05) is 0 Å². The molecule has 0 bridgehead atoms. The summed E-state index contributed by atoms with van der Waals surface area (Å²) in [5.74, 6) is 0.897. The molecular formula is C52H51N3O. The molecule has 280 valence electrons. The molecule has 4 nitrogen and oxygen atoms in total. The zero-order valence-electron chi connectivity index (χ0n) is 34.1. The summed E-state index contributed by atoms with van der Waals surface area (Å²) in [5, 5.41) is 12.7. The van der Waals surface area contributed by atoms with Crippen molar-refractivity contribution in [2.45, 2.75) is 78.6 Å². The van der Waals surface area contributed by atoms with Gasteiger partial charge in [-0.1, -0.05) is 135 Å². The monoisotopic (exact) mass is 733 g/mol. The fourth-order valence-corrected chi connectivity index (χ4v) is 7.63. The van der Waals surface area contributed by atoms with Gasteiger partial charge in [0.05, 0.1) is 22.1 Å². The topological polar surface area (TPSA) is 50.9 Å². The lowest BCUT2D eigenvalue weighted by Crippen LogP contribution is -2.11. The third-order valence-corrected chi connectivity index (χ3v) is 11.0. The second-order valence-corrected chi connectivity index (χ2v) is 18.2. The molecule has 0 aliphatic carbocycles. The van der Waals surface area contributed by atoms with E-state index in [0.717, 1.165) is 66.6 Å². The average molecular weight is 734 g/mol. The van der Waals surface area contributed by atoms with Gasteiger partial charge in [0.15, 0.2) is 0 Å². The number of phenolic OH excluding ortho intramolecular Hbond substituents is 1. The summed E-state index contributed by atoms with van der Waals surface area (Å²) < 4.78 is 2.23. The van der Waals surface area contributed by atoms with E-state index in [1.54, 1.807) is 0 Å². The van der Waals surface area contributed by atoms with Crippen molar-refractivity contribution < 1.29 is 5.11 Å². The smallest absolute Gasteiger partial charge is 0.149 e. The Morgan fingerprint density at radius 1 is 0.464 bits per heavy atom. The molecular weight excluding hydrogens is 683 g/mol. The maximum atomic E-state index is 11.6. The van der Waals surface area contributed by atoms with Crippen LogP contribution in [0.1, 0.15) is 79.0 Å². The van der Waals surface area contributed by atoms with Crippen LogP contribution in [0.2, 0.25) is 0 Å². The van der Waals surface area contributed by atoms with Crippen LogP contribution in [0, 0.1) is 0 Å². The predicted octanol–water partition coefficient (Wildman–Crippen LogP) is 13.8. The van der Waals surface area contributed by atoms with Crippen LogP contribution in [0.5, 0.6) is 5.75 Å². The Kier molecular flexibility index (Phi) is 9.00. The van der Waals surface area contributed by atoms with Crippen LogP contribution in [0.25, 0.3) is 72.4 Å². The second kappa shape index (κ2) is 13.6. The maximum Gasteiger partial charge on any atom is 0.149 e. The molecule has 0 saturated heterocycles. The molecule has 0 fully saturated rings. The van der Waals surface area contributed by atoms with Crippen LogP contribution >= 0.6 is 0 Å². The van der Waals surface area contributed by atoms with Crippen LogP contribution < -0.4 is 0 Å². The highest BCUT2D eigenvalue weighted by Gasteiger charge is 2.25. The lowest BCUT2D eigenvalue weighted by Gasteiger charge is -2.21. The molecule has 0 aliphatic rings. The van der Waals surface area contributed by atoms with Crippen LogP contribution in [0.15, 0.2) is 140 Å². The first-order valence-corrected chi connectivity index (χ1v) is 19.6. The van der Waals surface area contributed by atoms with Crippen LogP contribution in [-0.2, 0) is 16.2 Å². The van der Waals surface area contributed by atoms with Crippen molar-refractivity contribution >= 4 is 21.9 Å². The van der Waals surface area contributed by atoms with Gasteiger partial charge in [-0.3, -0.25) is 9.55 Å². The number of benzene rings is 6. The first kappa shape index (κ1) is 36.9. The van der Waals surface area contributed by atoms with E-state index in [4.69, 9.17) is 9.97 Å². The van der Waals surface area contributed by atoms with Gasteiger partial charge in [0, 0.05) is 28.4 Å². The van der Waals surface area contributed by atoms with Gasteiger partial charge in [0.25, 0.3) is 0 Å². The van der Waals surface area contributed by atoms with Crippen molar-refractivity contribution in [3.05, 3.63) is 156 Å². The van der Waals surface area contributed by atoms with Gasteiger partial charge < -0.3 is 5.11 Å². The van der Waals surface area contributed by atoms with E-state index in [-0.39, 0.29) is 22.0 Å². The molecule has 0 spiro atoms. The molecule has 0 radical (unpaired) electrons. The van der Waals surface area contributed by atoms with Gasteiger partial charge in [-0.15, -0.1) is 0 Å². The molecule has 4 heteroatoms. The normalized spacial score (nSPS) is 12.4. The number of hydrogen-bond acceptors (Lipinski definition) is 3. The molecule has 8 aromatic rings. The number of aromatic hydroxyl groups is 1. The summed E-state index contributed by atoms with van der Waals surface area (Å²) in [6, 6.07) is 47.4. The van der Waals surface area contributed by atoms with E-state index in [1.165, 1.54) is 11.1 Å². The first-order chi connectivity index (χ1) is 26.6. The zero-order valence-corrected chi connectivity index (χ0v) is 34.1. The van der Waals surface area contributed by atoms with Crippen LogP contribution in [0.3, 0.4) is 0 Å². The van der Waals surface area contributed by atoms with E-state index in [0.29, 0.717) is 11.4 Å². The molecule has 0 aliphatic heterocycles. The van der Waals surface area contributed by atoms with Crippen molar-refractivity contribution in [2.24, 2.45) is 0 Å². The fourth-order valence-electron chi connectivity index (χ4n) is 7.63. The van der Waals surface area contributed by atoms with Crippen molar-refractivity contribution in [1.29, 1.82) is 0 Å². The molecule has 0 unspecified atom stereocenters. The number of aromatic nitrogens is 3. The summed E-state index contributed by atoms with van der Waals surface area (Å²) in [6.07, 6.45) is 1.88. The average Bonchev–Trinajstić information content (AvgIpc) is 3.56. The number of hydrogen-bond donors (Lipinski definition) is 1. The Labute approximate surface area is 331 Å². The molecule has 2 aromatic heterocycles. The summed E-state index contributed by atoms with van der Waals surface area (Å²) >= 11 is 0. The minimum Gasteiger partial charge on any atom is -0.507 e. The van der Waals surface area contributed by atoms with Crippen LogP contribution in [0.4, 0.5) is 0 Å². The summed E-state index contributed by atoms with van der Waals surface area (Å²) in [5.41, 5.74) is 14.5. The number of rotatable bonds is 5. The Bertz CT molecular complexity index is 2730. The Morgan fingerprint density at radius 2 is 1.07 bits per heavy atom. The number of phenols is 1. The van der Waals surface area contributed by atoms with Gasteiger partial charge in [0.1, 0.15) is 11.6 Å². The van der Waals surface area contributed by atoms with Gasteiger partial charge in [0.2, 0.25) is 0 Å². The summed E-state index contributed by atoms with van der Waals surface area (Å²) in [4.78, 5) is 10.4. The van der Waals surface area contributed by atoms with E-state index in [1.807, 2.05) is 24.4 Å². The SMILES string of the molecule is CC(C)(C)c1ccc(-n2c(-c3cc(C(C)(C)C)ccc3O)nc3c(-c4cccc(-c5cc(C(C)(C)C)cc6cccnc56)c4)cc(-c4ccccc4)cc32)cc1. The quantitative estimate of drug-likeness (QED) is 0.192. The van der Waals surface area contributed by atoms with E-state index >= 15 is 0 Å². The minimum atomic E-state index is -0.122. The Morgan fingerprint density at radius 3 is 1.73 bits per heavy atom. The highest BCUT2D eigenvalue weighted by molar-refractivity contribution is 6.01. The molecule has 0 amide bonds. The number of fused-ring (bicyclic) bond motifs is 2. The third-order valence-electron chi connectivity index (χ3n) is 11.0. The highest BCUT2D eigenvalue weighted by Crippen LogP contribution is 2.43. The zero-order chi connectivity index (χ0) is 39.6. The summed E-state index contributed by atoms with van der Waals surface area (Å²) in [6.45, 7) is 20.1. The van der Waals surface area contributed by atoms with Gasteiger partial charge in [-0.2, -0.15) is 0 Å². The van der Waals surface area contributed by atoms with Gasteiger partial charge in [-0.05, 0) is 116 Å². The van der Waals surface area contributed by atoms with Gasteiger partial charge >= 0.3 is 0 Å². The first-order valence-electron chi connectivity index (χ1n) is 19.6. The number of imidazole rings is 1. The molecule has 1 N–H and O–H groups in total. The third kappa shape index (κ3) is 6.90. The fraction of sp³-hybridized carbons (Fsp3) is 0.231. The second-order valence-electron chi connectivity index (χ2n) is 18.2. The molecule has 56 heavy (non-hydrogen) atoms. The maximum absolute atomic E-state index is 11.6. The molecule has 0 atom stereocenters. The lowest BCUT2D eigenvalue weighted by atomic mass is 9.84. The van der Waals surface area contributed by atoms with Crippen molar-refractivity contribution in [3.63, 3.8) is 0 Å². The molecule has 0 saturated carbocycles. The standard InChI is InChI=1S/C52H51N3O/c1-50(2,3)38-20-23-41(24-21-38)55-45-30-37(33-15-11-10-12-16-33)29-42(48(45)54-49(55)44-31-39(51(4,5)6)22-25-46(44)56)34-17-13-18-35(27-34)43-32-40(52(7,8)9)28-36-19-14-26-53-47(36)43/h10-32,56H,1-9H3. The van der Waals surface area contributed by atoms with E-state index in [9.17, 15) is 5.11 Å². The number of nitrogens with zero attached hydrogens (tertiary/aromatic N) is 3.